The highest BCUT2D eigenvalue weighted by atomic mass is 14.3. The summed E-state index contributed by atoms with van der Waals surface area (Å²) in [6.45, 7) is 20.7. The van der Waals surface area contributed by atoms with Crippen LogP contribution in [0.3, 0.4) is 0 Å². The lowest BCUT2D eigenvalue weighted by molar-refractivity contribution is 0.234. The normalized spacial score (nSPS) is 16.9. The Morgan fingerprint density at radius 2 is 0.607 bits per heavy atom. The van der Waals surface area contributed by atoms with Crippen LogP contribution in [0.1, 0.15) is 171 Å². The maximum Gasteiger partial charge on any atom is 0 e. The number of aryl methyl sites for hydroxylation is 1. The second kappa shape index (κ2) is 40.2. The summed E-state index contributed by atoms with van der Waals surface area (Å²) in [5.74, 6) is 6.66. The Labute approximate surface area is 381 Å². The summed E-state index contributed by atoms with van der Waals surface area (Å²) in [6, 6.07) is 56.8. The summed E-state index contributed by atoms with van der Waals surface area (Å²) in [4.78, 5) is 0. The molecule has 0 spiro atoms. The van der Waals surface area contributed by atoms with Gasteiger partial charge in [-0.25, -0.2) is 0 Å². The predicted molar refractivity (Wildman–Crippen MR) is 280 cm³/mol. The van der Waals surface area contributed by atoms with E-state index in [2.05, 4.69) is 98.7 Å². The van der Waals surface area contributed by atoms with Crippen molar-refractivity contribution in [1.29, 1.82) is 0 Å². The van der Waals surface area contributed by atoms with Crippen molar-refractivity contribution in [3.8, 4) is 0 Å². The van der Waals surface area contributed by atoms with E-state index in [-0.39, 0.29) is 8.85 Å². The molecule has 0 heterocycles. The van der Waals surface area contributed by atoms with E-state index < -0.39 is 0 Å². The van der Waals surface area contributed by atoms with E-state index >= 15 is 0 Å². The van der Waals surface area contributed by atoms with Crippen molar-refractivity contribution in [2.75, 3.05) is 0 Å². The third-order valence-electron chi connectivity index (χ3n) is 11.9. The van der Waals surface area contributed by atoms with Gasteiger partial charge in [-0.15, -0.1) is 0 Å². The van der Waals surface area contributed by atoms with Crippen LogP contribution in [-0.2, 0) is 0 Å². The number of hydrogen-bond donors (Lipinski definition) is 0. The van der Waals surface area contributed by atoms with E-state index in [0.717, 1.165) is 35.5 Å². The van der Waals surface area contributed by atoms with Crippen LogP contribution in [0.4, 0.5) is 0 Å². The molecular formula is C61H96. The zero-order valence-corrected chi connectivity index (χ0v) is 40.1. The number of hydrogen-bond acceptors (Lipinski definition) is 0. The minimum Gasteiger partial charge on any atom is -0.0776 e. The Balaban J connectivity index is 0. The lowest BCUT2D eigenvalue weighted by atomic mass is 9.78. The smallest absolute Gasteiger partial charge is 0 e. The minimum atomic E-state index is 0. The van der Waals surface area contributed by atoms with Crippen LogP contribution in [0.25, 0.3) is 0 Å². The van der Waals surface area contributed by atoms with Crippen molar-refractivity contribution in [3.05, 3.63) is 181 Å². The summed E-state index contributed by atoms with van der Waals surface area (Å²) in [5.41, 5.74) is 2.74. The van der Waals surface area contributed by atoms with E-state index in [1.807, 2.05) is 133 Å². The van der Waals surface area contributed by atoms with Crippen molar-refractivity contribution in [1.82, 2.24) is 0 Å². The predicted octanol–water partition coefficient (Wildman–Crippen LogP) is 20.0. The van der Waals surface area contributed by atoms with Crippen molar-refractivity contribution in [2.45, 2.75) is 166 Å². The fourth-order valence-electron chi connectivity index (χ4n) is 7.59. The molecule has 0 saturated heterocycles. The van der Waals surface area contributed by atoms with Gasteiger partial charge in [0.1, 0.15) is 0 Å². The first-order valence-corrected chi connectivity index (χ1v) is 24.2. The second-order valence-electron chi connectivity index (χ2n) is 18.3. The molecule has 3 aliphatic rings. The molecule has 0 radical (unpaired) electrons. The Morgan fingerprint density at radius 1 is 0.344 bits per heavy atom. The monoisotopic (exact) mass is 829 g/mol. The van der Waals surface area contributed by atoms with E-state index in [9.17, 15) is 0 Å². The van der Waals surface area contributed by atoms with Gasteiger partial charge < -0.3 is 0 Å². The minimum absolute atomic E-state index is 0. The summed E-state index contributed by atoms with van der Waals surface area (Å²) in [6.07, 6.45) is 20.8. The zero-order valence-electron chi connectivity index (χ0n) is 40.1. The van der Waals surface area contributed by atoms with Crippen molar-refractivity contribution < 1.29 is 1.43 Å². The van der Waals surface area contributed by atoms with Gasteiger partial charge in [0.05, 0.1) is 0 Å². The molecule has 0 nitrogen and oxygen atoms in total. The van der Waals surface area contributed by atoms with Crippen LogP contribution in [0, 0.1) is 42.4 Å². The first kappa shape index (κ1) is 57.1. The summed E-state index contributed by atoms with van der Waals surface area (Å²) < 4.78 is 0. The SMILES string of the molecule is C.CC(C)C1CCCCC1.CC(C)c1ccccc1.CC1CCC(C(C)C)CC1.CC1CCCCC1.Cc1ccccc1.[HH].c1ccccc1.c1ccccc1.c1ccccc1. The molecule has 3 fully saturated rings. The van der Waals surface area contributed by atoms with Gasteiger partial charge in [0.15, 0.2) is 0 Å². The second-order valence-corrected chi connectivity index (χ2v) is 18.3. The van der Waals surface area contributed by atoms with Crippen LogP contribution >= 0.6 is 0 Å². The molecule has 3 aliphatic carbocycles. The quantitative estimate of drug-likeness (QED) is 0.170. The van der Waals surface area contributed by atoms with Crippen molar-refractivity contribution in [3.63, 3.8) is 0 Å². The summed E-state index contributed by atoms with van der Waals surface area (Å²) in [5, 5.41) is 0. The van der Waals surface area contributed by atoms with Gasteiger partial charge in [0, 0.05) is 1.43 Å². The number of rotatable bonds is 3. The lowest BCUT2D eigenvalue weighted by Gasteiger charge is -2.28. The molecule has 0 amide bonds. The molecular weight excluding hydrogens is 733 g/mol. The topological polar surface area (TPSA) is 0 Å². The van der Waals surface area contributed by atoms with Crippen LogP contribution in [-0.4, -0.2) is 0 Å². The highest BCUT2D eigenvalue weighted by molar-refractivity contribution is 5.17. The Hall–Kier alpha value is -3.90. The molecule has 0 atom stereocenters. The van der Waals surface area contributed by atoms with Gasteiger partial charge in [-0.1, -0.05) is 315 Å². The molecule has 3 saturated carbocycles. The molecule has 0 aliphatic heterocycles. The van der Waals surface area contributed by atoms with Crippen LogP contribution in [0.5, 0.6) is 0 Å². The van der Waals surface area contributed by atoms with E-state index in [1.54, 1.807) is 0 Å². The highest BCUT2D eigenvalue weighted by Gasteiger charge is 2.20. The maximum absolute atomic E-state index is 2.39. The van der Waals surface area contributed by atoms with Crippen molar-refractivity contribution >= 4 is 0 Å². The van der Waals surface area contributed by atoms with Gasteiger partial charge in [-0.3, -0.25) is 0 Å². The van der Waals surface area contributed by atoms with Gasteiger partial charge in [-0.2, -0.15) is 0 Å². The third-order valence-corrected chi connectivity index (χ3v) is 11.9. The third kappa shape index (κ3) is 35.4. The standard InChI is InChI=1S/C10H20.C9H18.C9H12.C7H14.C7H8.3C6H6.CH4.H2/c1-8(2)10-6-4-9(3)5-7-10;2*1-8(2)9-6-4-3-5-7-9;2*1-7-5-3-2-4-6-7;3*1-2-4-6-5-3-1;;/h8-10H,4-7H2,1-3H3;8-9H,3-7H2,1-2H3;3-8H,1-2H3;7H,2-6H2,1H3;2-6H,1H3;3*1-6H;1H4;1H. The first-order valence-electron chi connectivity index (χ1n) is 24.2. The molecule has 0 aromatic heterocycles. The van der Waals surface area contributed by atoms with Crippen molar-refractivity contribution in [2.24, 2.45) is 35.5 Å². The van der Waals surface area contributed by atoms with Gasteiger partial charge in [0.2, 0.25) is 0 Å². The fraction of sp³-hybridized carbons (Fsp3) is 0.508. The molecule has 5 aromatic rings. The van der Waals surface area contributed by atoms with Crippen LogP contribution in [0.2, 0.25) is 0 Å². The molecule has 61 heavy (non-hydrogen) atoms. The zero-order chi connectivity index (χ0) is 43.9. The molecule has 5 aromatic carbocycles. The Kier molecular flexibility index (Phi) is 37.6. The molecule has 0 unspecified atom stereocenters. The fourth-order valence-corrected chi connectivity index (χ4v) is 7.59. The molecule has 340 valence electrons. The average Bonchev–Trinajstić information content (AvgIpc) is 3.31. The van der Waals surface area contributed by atoms with Gasteiger partial charge in [-0.05, 0) is 66.8 Å². The number of benzene rings is 5. The Morgan fingerprint density at radius 3 is 0.820 bits per heavy atom. The lowest BCUT2D eigenvalue weighted by Crippen LogP contribution is -2.16. The summed E-state index contributed by atoms with van der Waals surface area (Å²) in [7, 11) is 0. The molecule has 0 bridgehead atoms. The van der Waals surface area contributed by atoms with E-state index in [0.29, 0.717) is 5.92 Å². The molecule has 0 heteroatoms. The van der Waals surface area contributed by atoms with E-state index in [4.69, 9.17) is 0 Å². The van der Waals surface area contributed by atoms with Crippen LogP contribution < -0.4 is 0 Å². The average molecular weight is 829 g/mol. The van der Waals surface area contributed by atoms with Crippen LogP contribution in [0.15, 0.2) is 170 Å². The van der Waals surface area contributed by atoms with E-state index in [1.165, 1.54) is 101 Å². The maximum atomic E-state index is 2.39. The highest BCUT2D eigenvalue weighted by Crippen LogP contribution is 2.32. The molecule has 8 rings (SSSR count). The summed E-state index contributed by atoms with van der Waals surface area (Å²) >= 11 is 0. The van der Waals surface area contributed by atoms with Gasteiger partial charge >= 0.3 is 0 Å². The van der Waals surface area contributed by atoms with Gasteiger partial charge in [0.25, 0.3) is 0 Å². The largest absolute Gasteiger partial charge is 0.0776 e. The molecule has 0 N–H and O–H groups in total. The first-order chi connectivity index (χ1) is 29.1. The Bertz CT molecular complexity index is 1340.